The number of hydrogen-bond acceptors (Lipinski definition) is 3. The zero-order valence-electron chi connectivity index (χ0n) is 12.4. The molecule has 1 N–H and O–H groups in total. The maximum absolute atomic E-state index is 12.8. The lowest BCUT2D eigenvalue weighted by Crippen LogP contribution is -2.49. The number of rotatable bonds is 4. The minimum Gasteiger partial charge on any atom is -0.379 e. The van der Waals surface area contributed by atoms with Gasteiger partial charge in [0.2, 0.25) is 5.91 Å². The molecule has 19 heavy (non-hydrogen) atoms. The Morgan fingerprint density at radius 1 is 1.26 bits per heavy atom. The highest BCUT2D eigenvalue weighted by molar-refractivity contribution is 5.80. The smallest absolute Gasteiger partial charge is 0.229 e. The van der Waals surface area contributed by atoms with Crippen LogP contribution in [0.25, 0.3) is 0 Å². The fourth-order valence-corrected chi connectivity index (χ4v) is 3.37. The summed E-state index contributed by atoms with van der Waals surface area (Å²) in [5, 5.41) is 3.39. The molecule has 2 saturated heterocycles. The highest BCUT2D eigenvalue weighted by atomic mass is 16.5. The van der Waals surface area contributed by atoms with Crippen molar-refractivity contribution in [3.05, 3.63) is 0 Å². The van der Waals surface area contributed by atoms with Crippen LogP contribution in [0.3, 0.4) is 0 Å². The van der Waals surface area contributed by atoms with Crippen LogP contribution in [0, 0.1) is 5.92 Å². The molecule has 2 aliphatic heterocycles. The van der Waals surface area contributed by atoms with Crippen LogP contribution in [0.2, 0.25) is 0 Å². The molecule has 4 nitrogen and oxygen atoms in total. The third-order valence-electron chi connectivity index (χ3n) is 4.50. The molecular formula is C15H28N2O2. The SMILES string of the molecule is CCNC1COCC1C(=O)N1CCCCCC1CC. The van der Waals surface area contributed by atoms with Crippen LogP contribution >= 0.6 is 0 Å². The fourth-order valence-electron chi connectivity index (χ4n) is 3.37. The van der Waals surface area contributed by atoms with Gasteiger partial charge in [-0.3, -0.25) is 4.79 Å². The topological polar surface area (TPSA) is 41.6 Å². The van der Waals surface area contributed by atoms with Gasteiger partial charge >= 0.3 is 0 Å². The fraction of sp³-hybridized carbons (Fsp3) is 0.933. The van der Waals surface area contributed by atoms with Crippen LogP contribution in [0.5, 0.6) is 0 Å². The van der Waals surface area contributed by atoms with E-state index in [4.69, 9.17) is 4.74 Å². The van der Waals surface area contributed by atoms with Gasteiger partial charge in [0.1, 0.15) is 0 Å². The number of nitrogens with one attached hydrogen (secondary N) is 1. The summed E-state index contributed by atoms with van der Waals surface area (Å²) in [5.74, 6) is 0.337. The molecule has 3 atom stereocenters. The summed E-state index contributed by atoms with van der Waals surface area (Å²) in [4.78, 5) is 15.0. The molecule has 0 saturated carbocycles. The summed E-state index contributed by atoms with van der Waals surface area (Å²) in [6, 6.07) is 0.649. The first-order chi connectivity index (χ1) is 9.27. The molecule has 110 valence electrons. The van der Waals surface area contributed by atoms with E-state index in [1.807, 2.05) is 0 Å². The maximum Gasteiger partial charge on any atom is 0.229 e. The van der Waals surface area contributed by atoms with E-state index in [-0.39, 0.29) is 12.0 Å². The highest BCUT2D eigenvalue weighted by Gasteiger charge is 2.38. The van der Waals surface area contributed by atoms with E-state index in [0.717, 1.165) is 25.9 Å². The summed E-state index contributed by atoms with van der Waals surface area (Å²) in [6.45, 7) is 7.38. The van der Waals surface area contributed by atoms with Crippen molar-refractivity contribution in [1.82, 2.24) is 10.2 Å². The number of hydrogen-bond donors (Lipinski definition) is 1. The molecule has 0 aromatic carbocycles. The molecule has 2 aliphatic rings. The highest BCUT2D eigenvalue weighted by Crippen LogP contribution is 2.24. The second-order valence-electron chi connectivity index (χ2n) is 5.75. The Bertz CT molecular complexity index is 296. The maximum atomic E-state index is 12.8. The van der Waals surface area contributed by atoms with E-state index in [2.05, 4.69) is 24.1 Å². The number of likely N-dealkylation sites (tertiary alicyclic amines) is 1. The van der Waals surface area contributed by atoms with Crippen LogP contribution in [-0.4, -0.2) is 49.2 Å². The summed E-state index contributed by atoms with van der Waals surface area (Å²) >= 11 is 0. The minimum atomic E-state index is 0.0205. The van der Waals surface area contributed by atoms with Crippen LogP contribution in [-0.2, 0) is 9.53 Å². The van der Waals surface area contributed by atoms with E-state index in [9.17, 15) is 4.79 Å². The van der Waals surface area contributed by atoms with Gasteiger partial charge in [-0.2, -0.15) is 0 Å². The van der Waals surface area contributed by atoms with Gasteiger partial charge in [0.05, 0.1) is 19.1 Å². The third kappa shape index (κ3) is 3.48. The largest absolute Gasteiger partial charge is 0.379 e. The van der Waals surface area contributed by atoms with E-state index >= 15 is 0 Å². The second kappa shape index (κ2) is 7.25. The predicted octanol–water partition coefficient (Wildman–Crippen LogP) is 1.79. The first-order valence-corrected chi connectivity index (χ1v) is 7.89. The third-order valence-corrected chi connectivity index (χ3v) is 4.50. The van der Waals surface area contributed by atoms with Crippen molar-refractivity contribution in [2.24, 2.45) is 5.92 Å². The Balaban J connectivity index is 2.03. The van der Waals surface area contributed by atoms with Crippen molar-refractivity contribution < 1.29 is 9.53 Å². The quantitative estimate of drug-likeness (QED) is 0.845. The summed E-state index contributed by atoms with van der Waals surface area (Å²) in [6.07, 6.45) is 5.92. The Labute approximate surface area is 116 Å². The number of amides is 1. The van der Waals surface area contributed by atoms with Gasteiger partial charge in [-0.25, -0.2) is 0 Å². The van der Waals surface area contributed by atoms with Gasteiger partial charge in [0.15, 0.2) is 0 Å². The Hall–Kier alpha value is -0.610. The number of nitrogens with zero attached hydrogens (tertiary/aromatic N) is 1. The average molecular weight is 268 g/mol. The van der Waals surface area contributed by atoms with E-state index in [1.165, 1.54) is 19.3 Å². The molecule has 4 heteroatoms. The summed E-state index contributed by atoms with van der Waals surface area (Å²) in [5.41, 5.74) is 0. The Kier molecular flexibility index (Phi) is 5.64. The lowest BCUT2D eigenvalue weighted by molar-refractivity contribution is -0.138. The lowest BCUT2D eigenvalue weighted by atomic mass is 9.99. The van der Waals surface area contributed by atoms with Gasteiger partial charge in [-0.1, -0.05) is 26.7 Å². The van der Waals surface area contributed by atoms with Gasteiger partial charge in [0, 0.05) is 18.6 Å². The van der Waals surface area contributed by atoms with Crippen molar-refractivity contribution in [3.63, 3.8) is 0 Å². The van der Waals surface area contributed by atoms with Gasteiger partial charge in [-0.05, 0) is 25.8 Å². The van der Waals surface area contributed by atoms with Crippen LogP contribution in [0.4, 0.5) is 0 Å². The normalized spacial score (nSPS) is 32.3. The molecule has 0 spiro atoms. The first-order valence-electron chi connectivity index (χ1n) is 7.89. The zero-order chi connectivity index (χ0) is 13.7. The van der Waals surface area contributed by atoms with Crippen molar-refractivity contribution in [2.75, 3.05) is 26.3 Å². The van der Waals surface area contributed by atoms with E-state index in [1.54, 1.807) is 0 Å². The lowest BCUT2D eigenvalue weighted by Gasteiger charge is -2.32. The van der Waals surface area contributed by atoms with E-state index in [0.29, 0.717) is 25.2 Å². The van der Waals surface area contributed by atoms with Crippen molar-refractivity contribution in [1.29, 1.82) is 0 Å². The molecule has 0 aromatic heterocycles. The molecule has 0 radical (unpaired) electrons. The zero-order valence-corrected chi connectivity index (χ0v) is 12.4. The Morgan fingerprint density at radius 2 is 2.11 bits per heavy atom. The monoisotopic (exact) mass is 268 g/mol. The molecule has 2 fully saturated rings. The molecule has 2 rings (SSSR count). The molecule has 0 aromatic rings. The average Bonchev–Trinajstić information content (AvgIpc) is 2.74. The van der Waals surface area contributed by atoms with Gasteiger partial charge < -0.3 is 15.0 Å². The number of carbonyl (C=O) groups is 1. The number of carbonyl (C=O) groups excluding carboxylic acids is 1. The Morgan fingerprint density at radius 3 is 2.84 bits per heavy atom. The first kappa shape index (κ1) is 14.8. The van der Waals surface area contributed by atoms with Crippen molar-refractivity contribution >= 4 is 5.91 Å². The summed E-state index contributed by atoms with van der Waals surface area (Å²) < 4.78 is 5.52. The number of ether oxygens (including phenoxy) is 1. The van der Waals surface area contributed by atoms with Crippen LogP contribution < -0.4 is 5.32 Å². The van der Waals surface area contributed by atoms with E-state index < -0.39 is 0 Å². The number of likely N-dealkylation sites (N-methyl/N-ethyl adjacent to an activating group) is 1. The standard InChI is InChI=1S/C15H28N2O2/c1-3-12-8-6-5-7-9-17(12)15(18)13-10-19-11-14(13)16-4-2/h12-14,16H,3-11H2,1-2H3. The molecule has 0 aliphatic carbocycles. The van der Waals surface area contributed by atoms with Gasteiger partial charge in [0.25, 0.3) is 0 Å². The molecule has 2 heterocycles. The van der Waals surface area contributed by atoms with Crippen molar-refractivity contribution in [2.45, 2.75) is 58.0 Å². The molecule has 0 bridgehead atoms. The summed E-state index contributed by atoms with van der Waals surface area (Å²) in [7, 11) is 0. The molecule has 3 unspecified atom stereocenters. The van der Waals surface area contributed by atoms with Gasteiger partial charge in [-0.15, -0.1) is 0 Å². The molecular weight excluding hydrogens is 240 g/mol. The van der Waals surface area contributed by atoms with Crippen molar-refractivity contribution in [3.8, 4) is 0 Å². The minimum absolute atomic E-state index is 0.0205. The predicted molar refractivity (Wildman–Crippen MR) is 76.0 cm³/mol. The second-order valence-corrected chi connectivity index (χ2v) is 5.75. The van der Waals surface area contributed by atoms with Crippen LogP contribution in [0.15, 0.2) is 0 Å². The van der Waals surface area contributed by atoms with Crippen LogP contribution in [0.1, 0.15) is 46.0 Å². The molecule has 1 amide bonds.